The zero-order chi connectivity index (χ0) is 14.1. The maximum Gasteiger partial charge on any atom is 0.0897 e. The molecule has 3 nitrogen and oxygen atoms in total. The SMILES string of the molecule is Cc1ncc(CNC2C3CCCC2CN(C(C)C)C3)s1. The highest BCUT2D eigenvalue weighted by atomic mass is 32.1. The van der Waals surface area contributed by atoms with Gasteiger partial charge in [-0.2, -0.15) is 0 Å². The summed E-state index contributed by atoms with van der Waals surface area (Å²) in [6.45, 7) is 10.3. The molecule has 2 heterocycles. The average molecular weight is 293 g/mol. The van der Waals surface area contributed by atoms with Crippen LogP contribution in [-0.2, 0) is 6.54 Å². The van der Waals surface area contributed by atoms with Crippen LogP contribution in [0, 0.1) is 18.8 Å². The van der Waals surface area contributed by atoms with Gasteiger partial charge in [-0.1, -0.05) is 6.42 Å². The van der Waals surface area contributed by atoms with Crippen LogP contribution in [-0.4, -0.2) is 35.1 Å². The van der Waals surface area contributed by atoms with E-state index < -0.39 is 0 Å². The molecule has 112 valence electrons. The van der Waals surface area contributed by atoms with Crippen molar-refractivity contribution in [2.24, 2.45) is 11.8 Å². The summed E-state index contributed by atoms with van der Waals surface area (Å²) >= 11 is 1.83. The number of fused-ring (bicyclic) bond motifs is 2. The summed E-state index contributed by atoms with van der Waals surface area (Å²) < 4.78 is 0. The molecule has 1 aromatic heterocycles. The molecule has 20 heavy (non-hydrogen) atoms. The number of aromatic nitrogens is 1. The largest absolute Gasteiger partial charge is 0.308 e. The van der Waals surface area contributed by atoms with E-state index >= 15 is 0 Å². The highest BCUT2D eigenvalue weighted by Crippen LogP contribution is 2.35. The van der Waals surface area contributed by atoms with E-state index in [1.54, 1.807) is 0 Å². The van der Waals surface area contributed by atoms with E-state index in [1.807, 2.05) is 17.5 Å². The van der Waals surface area contributed by atoms with Crippen molar-refractivity contribution < 1.29 is 0 Å². The maximum absolute atomic E-state index is 4.36. The number of rotatable bonds is 4. The highest BCUT2D eigenvalue weighted by Gasteiger charge is 2.39. The summed E-state index contributed by atoms with van der Waals surface area (Å²) in [5, 5.41) is 5.03. The van der Waals surface area contributed by atoms with E-state index in [0.717, 1.165) is 24.4 Å². The van der Waals surface area contributed by atoms with E-state index in [0.29, 0.717) is 6.04 Å². The third-order valence-electron chi connectivity index (χ3n) is 5.02. The molecule has 1 aromatic rings. The normalized spacial score (nSPS) is 30.9. The smallest absolute Gasteiger partial charge is 0.0897 e. The first kappa shape index (κ1) is 14.5. The molecule has 2 atom stereocenters. The number of hydrogen-bond donors (Lipinski definition) is 1. The molecule has 1 aliphatic heterocycles. The molecule has 0 aromatic carbocycles. The Balaban J connectivity index is 1.61. The number of likely N-dealkylation sites (tertiary alicyclic amines) is 1. The molecule has 0 amide bonds. The molecule has 0 radical (unpaired) electrons. The monoisotopic (exact) mass is 293 g/mol. The number of nitrogens with one attached hydrogen (secondary N) is 1. The van der Waals surface area contributed by atoms with Crippen LogP contribution in [0.25, 0.3) is 0 Å². The fourth-order valence-corrected chi connectivity index (χ4v) is 4.68. The van der Waals surface area contributed by atoms with E-state index in [9.17, 15) is 0 Å². The van der Waals surface area contributed by atoms with Gasteiger partial charge in [0.25, 0.3) is 0 Å². The van der Waals surface area contributed by atoms with Crippen molar-refractivity contribution >= 4 is 11.3 Å². The lowest BCUT2D eigenvalue weighted by Gasteiger charge is -2.49. The van der Waals surface area contributed by atoms with Gasteiger partial charge in [-0.15, -0.1) is 11.3 Å². The lowest BCUT2D eigenvalue weighted by Crippen LogP contribution is -2.58. The van der Waals surface area contributed by atoms with Crippen LogP contribution in [0.3, 0.4) is 0 Å². The first-order chi connectivity index (χ1) is 9.63. The van der Waals surface area contributed by atoms with Crippen LogP contribution in [0.15, 0.2) is 6.20 Å². The Morgan fingerprint density at radius 2 is 2.05 bits per heavy atom. The summed E-state index contributed by atoms with van der Waals surface area (Å²) in [4.78, 5) is 8.42. The Morgan fingerprint density at radius 1 is 1.35 bits per heavy atom. The van der Waals surface area contributed by atoms with Crippen molar-refractivity contribution in [3.05, 3.63) is 16.1 Å². The summed E-state index contributed by atoms with van der Waals surface area (Å²) in [6, 6.07) is 1.42. The molecule has 2 aliphatic rings. The Morgan fingerprint density at radius 3 is 2.60 bits per heavy atom. The zero-order valence-corrected chi connectivity index (χ0v) is 13.7. The maximum atomic E-state index is 4.36. The van der Waals surface area contributed by atoms with Gasteiger partial charge in [0.2, 0.25) is 0 Å². The molecule has 2 fully saturated rings. The molecule has 0 spiro atoms. The number of thiazole rings is 1. The lowest BCUT2D eigenvalue weighted by atomic mass is 9.73. The minimum Gasteiger partial charge on any atom is -0.308 e. The average Bonchev–Trinajstić information content (AvgIpc) is 2.81. The minimum absolute atomic E-state index is 0.697. The number of hydrogen-bond acceptors (Lipinski definition) is 4. The van der Waals surface area contributed by atoms with Gasteiger partial charge < -0.3 is 10.2 Å². The van der Waals surface area contributed by atoms with Crippen LogP contribution >= 0.6 is 11.3 Å². The summed E-state index contributed by atoms with van der Waals surface area (Å²) in [5.74, 6) is 1.69. The molecule has 1 aliphatic carbocycles. The molecule has 2 bridgehead atoms. The zero-order valence-electron chi connectivity index (χ0n) is 12.9. The summed E-state index contributed by atoms with van der Waals surface area (Å²) in [5.41, 5.74) is 0. The predicted octanol–water partition coefficient (Wildman–Crippen LogP) is 3.05. The first-order valence-electron chi connectivity index (χ1n) is 8.02. The van der Waals surface area contributed by atoms with Crippen molar-refractivity contribution in [3.63, 3.8) is 0 Å². The molecule has 1 saturated heterocycles. The van der Waals surface area contributed by atoms with Crippen molar-refractivity contribution in [2.45, 2.75) is 58.7 Å². The van der Waals surface area contributed by atoms with Crippen molar-refractivity contribution in [3.8, 4) is 0 Å². The molecule has 2 unspecified atom stereocenters. The summed E-state index contributed by atoms with van der Waals surface area (Å²) in [7, 11) is 0. The predicted molar refractivity (Wildman–Crippen MR) is 85.0 cm³/mol. The Labute approximate surface area is 126 Å². The van der Waals surface area contributed by atoms with E-state index in [1.165, 1.54) is 42.2 Å². The van der Waals surface area contributed by atoms with Crippen LogP contribution in [0.1, 0.15) is 43.0 Å². The fourth-order valence-electron chi connectivity index (χ4n) is 3.93. The van der Waals surface area contributed by atoms with Gasteiger partial charge in [0.1, 0.15) is 0 Å². The number of nitrogens with zero attached hydrogens (tertiary/aromatic N) is 2. The van der Waals surface area contributed by atoms with Crippen molar-refractivity contribution in [1.82, 2.24) is 15.2 Å². The molecule has 3 rings (SSSR count). The van der Waals surface area contributed by atoms with Crippen LogP contribution < -0.4 is 5.32 Å². The van der Waals surface area contributed by atoms with Gasteiger partial charge >= 0.3 is 0 Å². The second kappa shape index (κ2) is 6.12. The second-order valence-corrected chi connectivity index (χ2v) is 8.07. The van der Waals surface area contributed by atoms with E-state index in [4.69, 9.17) is 0 Å². The quantitative estimate of drug-likeness (QED) is 0.925. The molecule has 1 saturated carbocycles. The molecular formula is C16H27N3S. The Hall–Kier alpha value is -0.450. The van der Waals surface area contributed by atoms with E-state index in [2.05, 4.69) is 36.0 Å². The second-order valence-electron chi connectivity index (χ2n) is 6.75. The van der Waals surface area contributed by atoms with Gasteiger partial charge in [-0.25, -0.2) is 4.98 Å². The van der Waals surface area contributed by atoms with Crippen LogP contribution in [0.5, 0.6) is 0 Å². The fraction of sp³-hybridized carbons (Fsp3) is 0.812. The standard InChI is InChI=1S/C16H27N3S/c1-11(2)19-9-13-5-4-6-14(10-19)16(13)18-8-15-7-17-12(3)20-15/h7,11,13-14,16,18H,4-6,8-10H2,1-3H3. The van der Waals surface area contributed by atoms with Crippen molar-refractivity contribution in [2.75, 3.05) is 13.1 Å². The van der Waals surface area contributed by atoms with Crippen LogP contribution in [0.4, 0.5) is 0 Å². The Bertz CT molecular complexity index is 429. The highest BCUT2D eigenvalue weighted by molar-refractivity contribution is 7.11. The van der Waals surface area contributed by atoms with Gasteiger partial charge in [0.05, 0.1) is 5.01 Å². The molecule has 1 N–H and O–H groups in total. The van der Waals surface area contributed by atoms with Crippen molar-refractivity contribution in [1.29, 1.82) is 0 Å². The van der Waals surface area contributed by atoms with Gasteiger partial charge in [0, 0.05) is 42.8 Å². The first-order valence-corrected chi connectivity index (χ1v) is 8.84. The third kappa shape index (κ3) is 3.07. The van der Waals surface area contributed by atoms with Gasteiger partial charge in [-0.05, 0) is 45.4 Å². The molecular weight excluding hydrogens is 266 g/mol. The van der Waals surface area contributed by atoms with E-state index in [-0.39, 0.29) is 0 Å². The van der Waals surface area contributed by atoms with Gasteiger partial charge in [-0.3, -0.25) is 0 Å². The van der Waals surface area contributed by atoms with Crippen LogP contribution in [0.2, 0.25) is 0 Å². The number of aryl methyl sites for hydroxylation is 1. The Kier molecular flexibility index (Phi) is 4.43. The third-order valence-corrected chi connectivity index (χ3v) is 5.93. The summed E-state index contributed by atoms with van der Waals surface area (Å²) in [6.07, 6.45) is 6.27. The number of piperidine rings is 1. The minimum atomic E-state index is 0.697. The molecule has 4 heteroatoms. The van der Waals surface area contributed by atoms with Gasteiger partial charge in [0.15, 0.2) is 0 Å². The topological polar surface area (TPSA) is 28.2 Å². The lowest BCUT2D eigenvalue weighted by molar-refractivity contribution is 0.0291.